The summed E-state index contributed by atoms with van der Waals surface area (Å²) in [6, 6.07) is 1.96. The molecule has 0 fully saturated rings. The lowest BCUT2D eigenvalue weighted by molar-refractivity contribution is -0.278. The van der Waals surface area contributed by atoms with Crippen LogP contribution in [0, 0.1) is 11.7 Å². The van der Waals surface area contributed by atoms with Crippen LogP contribution in [0.25, 0.3) is 0 Å². The van der Waals surface area contributed by atoms with Gasteiger partial charge >= 0.3 is 12.1 Å². The number of nitrogens with one attached hydrogen (secondary N) is 3. The highest BCUT2D eigenvalue weighted by Crippen LogP contribution is 2.34. The van der Waals surface area contributed by atoms with Gasteiger partial charge in [-0.1, -0.05) is 0 Å². The maximum Gasteiger partial charge on any atom is 0.455 e. The number of alkyl halides is 5. The van der Waals surface area contributed by atoms with E-state index in [-0.39, 0.29) is 11.4 Å². The Balaban J connectivity index is 2.02. The van der Waals surface area contributed by atoms with Gasteiger partial charge in [-0.25, -0.2) is 4.39 Å². The summed E-state index contributed by atoms with van der Waals surface area (Å²) in [5.74, 6) is -10.7. The van der Waals surface area contributed by atoms with Crippen molar-refractivity contribution in [1.29, 1.82) is 0 Å². The first kappa shape index (κ1) is 23.3. The van der Waals surface area contributed by atoms with E-state index in [9.17, 15) is 40.7 Å². The molecule has 13 heteroatoms. The van der Waals surface area contributed by atoms with Crippen LogP contribution < -0.4 is 20.7 Å². The number of carbonyl (C=O) groups excluding carboxylic acids is 3. The van der Waals surface area contributed by atoms with E-state index in [4.69, 9.17) is 4.74 Å². The molecule has 7 nitrogen and oxygen atoms in total. The SMILES string of the molecule is CC(C(=O)NCC(F)(F)C(F)(F)F)C(=O)NC1C(=O)Nc2cc(F)ccc2OC1C. The molecular formula is C17H17F6N3O4. The quantitative estimate of drug-likeness (QED) is 0.481. The van der Waals surface area contributed by atoms with Gasteiger partial charge in [0.2, 0.25) is 11.8 Å². The Bertz CT molecular complexity index is 845. The Morgan fingerprint density at radius 2 is 1.83 bits per heavy atom. The molecule has 0 saturated carbocycles. The van der Waals surface area contributed by atoms with Crippen LogP contribution in [0.1, 0.15) is 13.8 Å². The van der Waals surface area contributed by atoms with Crippen molar-refractivity contribution in [2.24, 2.45) is 5.92 Å². The number of hydrogen-bond acceptors (Lipinski definition) is 4. The van der Waals surface area contributed by atoms with Crippen molar-refractivity contribution in [3.63, 3.8) is 0 Å². The van der Waals surface area contributed by atoms with Gasteiger partial charge in [-0.15, -0.1) is 0 Å². The molecule has 1 aromatic rings. The summed E-state index contributed by atoms with van der Waals surface area (Å²) >= 11 is 0. The molecule has 3 amide bonds. The number of carbonyl (C=O) groups is 3. The van der Waals surface area contributed by atoms with E-state index in [2.05, 4.69) is 10.6 Å². The number of amides is 3. The smallest absolute Gasteiger partial charge is 0.455 e. The molecule has 0 saturated heterocycles. The van der Waals surface area contributed by atoms with Crippen molar-refractivity contribution in [2.45, 2.75) is 38.1 Å². The van der Waals surface area contributed by atoms with Gasteiger partial charge in [0.15, 0.2) is 0 Å². The minimum atomic E-state index is -5.87. The largest absolute Gasteiger partial charge is 0.486 e. The van der Waals surface area contributed by atoms with Crippen molar-refractivity contribution in [3.05, 3.63) is 24.0 Å². The predicted molar refractivity (Wildman–Crippen MR) is 90.2 cm³/mol. The molecule has 2 rings (SSSR count). The van der Waals surface area contributed by atoms with E-state index in [0.717, 1.165) is 19.1 Å². The van der Waals surface area contributed by atoms with Gasteiger partial charge in [0.25, 0.3) is 5.91 Å². The lowest BCUT2D eigenvalue weighted by Gasteiger charge is -2.24. The van der Waals surface area contributed by atoms with Gasteiger partial charge in [0, 0.05) is 6.07 Å². The first-order valence-electron chi connectivity index (χ1n) is 8.52. The first-order chi connectivity index (χ1) is 13.7. The standard InChI is InChI=1S/C17H17F6N3O4/c1-7(13(27)24-6-16(19,20)17(21,22)23)14(28)26-12-8(2)30-11-4-3-9(18)5-10(11)25-15(12)29/h3-5,7-8,12H,6H2,1-2H3,(H,24,27)(H,25,29)(H,26,28). The van der Waals surface area contributed by atoms with Crippen molar-refractivity contribution >= 4 is 23.4 Å². The van der Waals surface area contributed by atoms with E-state index in [1.165, 1.54) is 18.3 Å². The highest BCUT2D eigenvalue weighted by Gasteiger charge is 2.57. The Hall–Kier alpha value is -2.99. The fourth-order valence-electron chi connectivity index (χ4n) is 2.43. The number of ether oxygens (including phenoxy) is 1. The van der Waals surface area contributed by atoms with Crippen molar-refractivity contribution < 1.29 is 45.5 Å². The number of fused-ring (bicyclic) bond motifs is 1. The number of anilines is 1. The third-order valence-electron chi connectivity index (χ3n) is 4.25. The summed E-state index contributed by atoms with van der Waals surface area (Å²) in [6.07, 6.45) is -6.85. The molecule has 0 spiro atoms. The highest BCUT2D eigenvalue weighted by molar-refractivity contribution is 6.04. The maximum absolute atomic E-state index is 13.3. The average Bonchev–Trinajstić information content (AvgIpc) is 2.74. The van der Waals surface area contributed by atoms with Crippen LogP contribution in [0.5, 0.6) is 5.75 Å². The van der Waals surface area contributed by atoms with Gasteiger partial charge in [0.05, 0.1) is 12.2 Å². The van der Waals surface area contributed by atoms with Crippen LogP contribution in [0.15, 0.2) is 18.2 Å². The fourth-order valence-corrected chi connectivity index (χ4v) is 2.43. The summed E-state index contributed by atoms with van der Waals surface area (Å²) in [7, 11) is 0. The third-order valence-corrected chi connectivity index (χ3v) is 4.25. The molecule has 3 atom stereocenters. The second-order valence-electron chi connectivity index (χ2n) is 6.58. The maximum atomic E-state index is 13.3. The summed E-state index contributed by atoms with van der Waals surface area (Å²) in [4.78, 5) is 36.4. The normalized spacial score (nSPS) is 20.2. The van der Waals surface area contributed by atoms with E-state index in [1.54, 1.807) is 0 Å². The molecule has 1 aliphatic heterocycles. The second kappa shape index (κ2) is 8.40. The van der Waals surface area contributed by atoms with Gasteiger partial charge in [-0.3, -0.25) is 14.4 Å². The predicted octanol–water partition coefficient (Wildman–Crippen LogP) is 1.98. The summed E-state index contributed by atoms with van der Waals surface area (Å²) in [5.41, 5.74) is 0.00349. The van der Waals surface area contributed by atoms with Crippen LogP contribution >= 0.6 is 0 Å². The number of halogens is 6. The molecule has 3 unspecified atom stereocenters. The summed E-state index contributed by atoms with van der Waals surface area (Å²) in [5, 5.41) is 5.87. The molecule has 0 aliphatic carbocycles. The zero-order valence-electron chi connectivity index (χ0n) is 15.6. The van der Waals surface area contributed by atoms with Crippen LogP contribution in [0.4, 0.5) is 32.0 Å². The van der Waals surface area contributed by atoms with E-state index >= 15 is 0 Å². The van der Waals surface area contributed by atoms with Crippen molar-refractivity contribution in [1.82, 2.24) is 10.6 Å². The lowest BCUT2D eigenvalue weighted by Crippen LogP contribution is -2.54. The zero-order chi connectivity index (χ0) is 22.9. The molecule has 3 N–H and O–H groups in total. The zero-order valence-corrected chi connectivity index (χ0v) is 15.6. The Morgan fingerprint density at radius 1 is 1.20 bits per heavy atom. The number of benzene rings is 1. The Morgan fingerprint density at radius 3 is 2.43 bits per heavy atom. The van der Waals surface area contributed by atoms with Crippen molar-refractivity contribution in [2.75, 3.05) is 11.9 Å². The third kappa shape index (κ3) is 5.13. The van der Waals surface area contributed by atoms with Gasteiger partial charge in [-0.05, 0) is 26.0 Å². The summed E-state index contributed by atoms with van der Waals surface area (Å²) < 4.78 is 81.1. The molecule has 166 valence electrons. The van der Waals surface area contributed by atoms with E-state index in [0.29, 0.717) is 0 Å². The number of rotatable bonds is 5. The Labute approximate surface area is 166 Å². The van der Waals surface area contributed by atoms with Crippen LogP contribution in [-0.4, -0.2) is 48.5 Å². The lowest BCUT2D eigenvalue weighted by atomic mass is 10.1. The van der Waals surface area contributed by atoms with Crippen LogP contribution in [-0.2, 0) is 14.4 Å². The van der Waals surface area contributed by atoms with E-state index < -0.39 is 60.2 Å². The summed E-state index contributed by atoms with van der Waals surface area (Å²) in [6.45, 7) is 0.315. The average molecular weight is 441 g/mol. The molecular weight excluding hydrogens is 424 g/mol. The van der Waals surface area contributed by atoms with Gasteiger partial charge < -0.3 is 20.7 Å². The molecule has 0 radical (unpaired) electrons. The van der Waals surface area contributed by atoms with Gasteiger partial charge in [0.1, 0.15) is 29.6 Å². The monoisotopic (exact) mass is 441 g/mol. The van der Waals surface area contributed by atoms with E-state index in [1.807, 2.05) is 0 Å². The number of hydrogen-bond donors (Lipinski definition) is 3. The molecule has 1 aromatic carbocycles. The topological polar surface area (TPSA) is 96.5 Å². The minimum Gasteiger partial charge on any atom is -0.486 e. The minimum absolute atomic E-state index is 0.00349. The van der Waals surface area contributed by atoms with Crippen LogP contribution in [0.2, 0.25) is 0 Å². The van der Waals surface area contributed by atoms with Crippen LogP contribution in [0.3, 0.4) is 0 Å². The van der Waals surface area contributed by atoms with Gasteiger partial charge in [-0.2, -0.15) is 22.0 Å². The fraction of sp³-hybridized carbons (Fsp3) is 0.471. The molecule has 0 bridgehead atoms. The highest BCUT2D eigenvalue weighted by atomic mass is 19.4. The molecule has 0 aromatic heterocycles. The Kier molecular flexibility index (Phi) is 6.52. The molecule has 1 heterocycles. The first-order valence-corrected chi connectivity index (χ1v) is 8.52. The molecule has 30 heavy (non-hydrogen) atoms. The second-order valence-corrected chi connectivity index (χ2v) is 6.58. The van der Waals surface area contributed by atoms with Crippen molar-refractivity contribution in [3.8, 4) is 5.75 Å². The molecule has 1 aliphatic rings.